The molecule has 2 N–H and O–H groups in total. The first-order valence-electron chi connectivity index (χ1n) is 11.0. The van der Waals surface area contributed by atoms with E-state index in [1.807, 2.05) is 30.3 Å². The van der Waals surface area contributed by atoms with Gasteiger partial charge in [-0.1, -0.05) is 72.3 Å². The third kappa shape index (κ3) is 3.58. The number of aromatic nitrogens is 3. The summed E-state index contributed by atoms with van der Waals surface area (Å²) in [6, 6.07) is 20.4. The Kier molecular flexibility index (Phi) is 5.15. The molecule has 2 aromatic carbocycles. The third-order valence-electron chi connectivity index (χ3n) is 6.39. The van der Waals surface area contributed by atoms with E-state index >= 15 is 0 Å². The molecule has 6 rings (SSSR count). The number of fused-ring (bicyclic) bond motifs is 2. The maximum atomic E-state index is 10.5. The van der Waals surface area contributed by atoms with Crippen molar-refractivity contribution in [1.82, 2.24) is 15.0 Å². The molecule has 8 heteroatoms. The van der Waals surface area contributed by atoms with Gasteiger partial charge in [0.15, 0.2) is 11.8 Å². The summed E-state index contributed by atoms with van der Waals surface area (Å²) in [6.07, 6.45) is 0.116. The zero-order chi connectivity index (χ0) is 23.3. The fraction of sp³-hybridized carbons (Fsp3) is 0.231. The number of rotatable bonds is 5. The quantitative estimate of drug-likeness (QED) is 0.416. The van der Waals surface area contributed by atoms with Gasteiger partial charge in [0.25, 0.3) is 6.01 Å². The zero-order valence-corrected chi connectivity index (χ0v) is 18.9. The smallest absolute Gasteiger partial charge is 0.296 e. The molecule has 2 aliphatic heterocycles. The van der Waals surface area contributed by atoms with Gasteiger partial charge in [-0.2, -0.15) is 4.98 Å². The van der Waals surface area contributed by atoms with Crippen molar-refractivity contribution in [3.8, 4) is 28.4 Å². The summed E-state index contributed by atoms with van der Waals surface area (Å²) in [4.78, 5) is 12.3. The maximum Gasteiger partial charge on any atom is 0.296 e. The van der Waals surface area contributed by atoms with Gasteiger partial charge in [-0.25, -0.2) is 4.98 Å². The summed E-state index contributed by atoms with van der Waals surface area (Å²) < 4.78 is 17.5. The van der Waals surface area contributed by atoms with Gasteiger partial charge in [0.1, 0.15) is 17.8 Å². The number of aliphatic hydroxyl groups is 1. The fourth-order valence-electron chi connectivity index (χ4n) is 4.54. The van der Waals surface area contributed by atoms with Crippen LogP contribution in [0.3, 0.4) is 0 Å². The summed E-state index contributed by atoms with van der Waals surface area (Å²) in [5.41, 5.74) is 3.75. The summed E-state index contributed by atoms with van der Waals surface area (Å²) >= 11 is 6.57. The van der Waals surface area contributed by atoms with Crippen LogP contribution < -0.4 is 4.74 Å². The van der Waals surface area contributed by atoms with Gasteiger partial charge in [-0.3, -0.25) is 0 Å². The van der Waals surface area contributed by atoms with E-state index in [1.165, 1.54) is 6.08 Å². The number of benzene rings is 2. The monoisotopic (exact) mass is 475 g/mol. The van der Waals surface area contributed by atoms with Gasteiger partial charge in [0.2, 0.25) is 0 Å². The Morgan fingerprint density at radius 2 is 1.79 bits per heavy atom. The molecule has 2 aliphatic rings. The zero-order valence-electron chi connectivity index (χ0n) is 18.1. The number of ether oxygens (including phenoxy) is 3. The molecule has 0 saturated carbocycles. The summed E-state index contributed by atoms with van der Waals surface area (Å²) in [5, 5.41) is 11.1. The predicted molar refractivity (Wildman–Crippen MR) is 129 cm³/mol. The standard InChI is InChI=1S/C26H22ClN3O4/c1-2-26(31)14-33-22-20(13-32-23(22)26)34-25-28-19-12-18(27)21(29-24(19)30-25)17-10-8-16(9-11-17)15-6-4-3-5-7-15/h2-12,20,22-23,31H,1,13-14H2,(H,28,29,30)/t20-,22?,23+,26-/m1/s1. The van der Waals surface area contributed by atoms with Crippen LogP contribution in [0, 0.1) is 0 Å². The lowest BCUT2D eigenvalue weighted by Gasteiger charge is -2.21. The van der Waals surface area contributed by atoms with Crippen LogP contribution in [0.4, 0.5) is 0 Å². The second-order valence-corrected chi connectivity index (χ2v) is 8.96. The lowest BCUT2D eigenvalue weighted by atomic mass is 9.96. The van der Waals surface area contributed by atoms with Crippen molar-refractivity contribution in [2.24, 2.45) is 0 Å². The Labute approximate surface area is 201 Å². The van der Waals surface area contributed by atoms with Crippen LogP contribution in [0.1, 0.15) is 0 Å². The highest BCUT2D eigenvalue weighted by molar-refractivity contribution is 6.33. The fourth-order valence-corrected chi connectivity index (χ4v) is 4.80. The Morgan fingerprint density at radius 3 is 2.56 bits per heavy atom. The van der Waals surface area contributed by atoms with Crippen LogP contribution >= 0.6 is 11.6 Å². The Hall–Kier alpha value is -3.23. The molecule has 34 heavy (non-hydrogen) atoms. The number of H-pyrrole nitrogens is 1. The van der Waals surface area contributed by atoms with Crippen LogP contribution in [-0.2, 0) is 9.47 Å². The van der Waals surface area contributed by atoms with E-state index in [9.17, 15) is 5.11 Å². The second-order valence-electron chi connectivity index (χ2n) is 8.56. The van der Waals surface area contributed by atoms with Crippen LogP contribution in [-0.4, -0.2) is 57.2 Å². The molecular weight excluding hydrogens is 454 g/mol. The lowest BCUT2D eigenvalue weighted by Crippen LogP contribution is -2.42. The number of halogens is 1. The molecular formula is C26H22ClN3O4. The average Bonchev–Trinajstić information content (AvgIpc) is 3.55. The molecule has 172 valence electrons. The Balaban J connectivity index is 1.25. The number of hydrogen-bond acceptors (Lipinski definition) is 6. The molecule has 0 amide bonds. The molecule has 0 aliphatic carbocycles. The van der Waals surface area contributed by atoms with E-state index in [0.717, 1.165) is 16.7 Å². The number of hydrogen-bond donors (Lipinski definition) is 2. The molecule has 4 heterocycles. The summed E-state index contributed by atoms with van der Waals surface area (Å²) in [7, 11) is 0. The molecule has 4 atom stereocenters. The number of aromatic amines is 1. The molecule has 1 unspecified atom stereocenters. The van der Waals surface area contributed by atoms with Crippen molar-refractivity contribution in [3.63, 3.8) is 0 Å². The summed E-state index contributed by atoms with van der Waals surface area (Å²) in [6.45, 7) is 4.08. The SMILES string of the molecule is C=C[C@@]1(O)COC2[C@H](Oc3nc4nc(-c5ccc(-c6ccccc6)cc5)c(Cl)cc4[nH]3)CO[C@@H]21. The van der Waals surface area contributed by atoms with Crippen LogP contribution in [0.25, 0.3) is 33.5 Å². The Morgan fingerprint density at radius 1 is 1.06 bits per heavy atom. The molecule has 2 aromatic heterocycles. The topological polar surface area (TPSA) is 89.5 Å². The van der Waals surface area contributed by atoms with Gasteiger partial charge >= 0.3 is 0 Å². The van der Waals surface area contributed by atoms with Crippen molar-refractivity contribution in [2.45, 2.75) is 23.9 Å². The van der Waals surface area contributed by atoms with Gasteiger partial charge in [-0.15, -0.1) is 6.58 Å². The lowest BCUT2D eigenvalue weighted by molar-refractivity contribution is -0.0368. The third-order valence-corrected chi connectivity index (χ3v) is 6.68. The predicted octanol–water partition coefficient (Wildman–Crippen LogP) is 4.41. The van der Waals surface area contributed by atoms with E-state index in [2.05, 4.69) is 45.8 Å². The van der Waals surface area contributed by atoms with Crippen molar-refractivity contribution < 1.29 is 19.3 Å². The normalized spacial score (nSPS) is 26.0. The van der Waals surface area contributed by atoms with E-state index in [-0.39, 0.29) is 13.2 Å². The number of nitrogens with zero attached hydrogens (tertiary/aromatic N) is 2. The van der Waals surface area contributed by atoms with Gasteiger partial charge in [0.05, 0.1) is 29.4 Å². The largest absolute Gasteiger partial charge is 0.456 e. The number of imidazole rings is 1. The van der Waals surface area contributed by atoms with Gasteiger partial charge < -0.3 is 24.3 Å². The Bertz CT molecular complexity index is 1360. The van der Waals surface area contributed by atoms with Crippen molar-refractivity contribution in [1.29, 1.82) is 0 Å². The number of nitrogens with one attached hydrogen (secondary N) is 1. The molecule has 2 fully saturated rings. The first-order chi connectivity index (χ1) is 16.5. The van der Waals surface area contributed by atoms with Crippen molar-refractivity contribution in [2.75, 3.05) is 13.2 Å². The molecule has 2 saturated heterocycles. The molecule has 0 radical (unpaired) electrons. The van der Waals surface area contributed by atoms with Crippen molar-refractivity contribution in [3.05, 3.63) is 78.3 Å². The van der Waals surface area contributed by atoms with Crippen LogP contribution in [0.15, 0.2) is 73.3 Å². The van der Waals surface area contributed by atoms with E-state index in [4.69, 9.17) is 25.8 Å². The minimum atomic E-state index is -1.21. The average molecular weight is 476 g/mol. The minimum Gasteiger partial charge on any atom is -0.456 e. The minimum absolute atomic E-state index is 0.120. The molecule has 0 bridgehead atoms. The maximum absolute atomic E-state index is 10.5. The second kappa shape index (κ2) is 8.21. The van der Waals surface area contributed by atoms with Gasteiger partial charge in [0, 0.05) is 5.56 Å². The van der Waals surface area contributed by atoms with E-state index in [1.54, 1.807) is 6.07 Å². The highest BCUT2D eigenvalue weighted by atomic mass is 35.5. The van der Waals surface area contributed by atoms with Crippen LogP contribution in [0.2, 0.25) is 5.02 Å². The van der Waals surface area contributed by atoms with Crippen LogP contribution in [0.5, 0.6) is 6.01 Å². The molecule has 7 nitrogen and oxygen atoms in total. The summed E-state index contributed by atoms with van der Waals surface area (Å²) in [5.74, 6) is 0. The number of pyridine rings is 1. The van der Waals surface area contributed by atoms with Gasteiger partial charge in [-0.05, 0) is 17.2 Å². The molecule has 0 spiro atoms. The highest BCUT2D eigenvalue weighted by Crippen LogP contribution is 2.37. The first kappa shape index (κ1) is 21.3. The van der Waals surface area contributed by atoms with E-state index in [0.29, 0.717) is 27.9 Å². The highest BCUT2D eigenvalue weighted by Gasteiger charge is 2.55. The first-order valence-corrected chi connectivity index (χ1v) is 11.4. The molecule has 4 aromatic rings. The van der Waals surface area contributed by atoms with Crippen molar-refractivity contribution >= 4 is 22.8 Å². The van der Waals surface area contributed by atoms with E-state index < -0.39 is 23.9 Å².